The van der Waals surface area contributed by atoms with Gasteiger partial charge in [0.2, 0.25) is 0 Å². The lowest BCUT2D eigenvalue weighted by Crippen LogP contribution is -2.06. The zero-order valence-corrected chi connectivity index (χ0v) is 13.7. The van der Waals surface area contributed by atoms with Crippen molar-refractivity contribution in [1.29, 1.82) is 0 Å². The molecule has 0 radical (unpaired) electrons. The van der Waals surface area contributed by atoms with Gasteiger partial charge in [0.15, 0.2) is 0 Å². The van der Waals surface area contributed by atoms with Crippen molar-refractivity contribution in [3.63, 3.8) is 0 Å². The van der Waals surface area contributed by atoms with Gasteiger partial charge in [0, 0.05) is 0 Å². The first kappa shape index (κ1) is 13.6. The van der Waals surface area contributed by atoms with Crippen LogP contribution in [-0.2, 0) is 10.8 Å². The van der Waals surface area contributed by atoms with Crippen molar-refractivity contribution < 1.29 is 9.16 Å². The van der Waals surface area contributed by atoms with Gasteiger partial charge in [-0.25, -0.2) is 0 Å². The summed E-state index contributed by atoms with van der Waals surface area (Å²) in [5, 5.41) is 0. The van der Waals surface area contributed by atoms with Crippen LogP contribution in [0, 0.1) is 0 Å². The molecule has 1 aromatic carbocycles. The van der Waals surface area contributed by atoms with E-state index in [1.165, 1.54) is 36.8 Å². The van der Waals surface area contributed by atoms with E-state index in [0.29, 0.717) is 6.10 Å². The van der Waals surface area contributed by atoms with E-state index in [2.05, 4.69) is 32.0 Å². The number of hydrogen-bond donors (Lipinski definition) is 0. The smallest absolute Gasteiger partial charge is 0.146 e. The highest BCUT2D eigenvalue weighted by Gasteiger charge is 2.25. The molecular formula is C15H24O2Si. The van der Waals surface area contributed by atoms with Crippen molar-refractivity contribution >= 4 is 10.5 Å². The Balaban J connectivity index is 2.25. The fourth-order valence-electron chi connectivity index (χ4n) is 2.19. The maximum absolute atomic E-state index is 6.04. The molecule has 2 rings (SSSR count). The molecule has 0 spiro atoms. The highest BCUT2D eigenvalue weighted by Crippen LogP contribution is 2.34. The Morgan fingerprint density at radius 2 is 2.17 bits per heavy atom. The standard InChI is InChI=1S/C15H24O2Si/c1-3-4-6-14-13(11(2)17-18)7-5-8-15(14)16-12-9-10-12/h5,7-8,11-12H,3-4,6,9-10H2,1-2,18H3. The number of benzene rings is 1. The lowest BCUT2D eigenvalue weighted by atomic mass is 9.97. The summed E-state index contributed by atoms with van der Waals surface area (Å²) in [5.41, 5.74) is 2.69. The van der Waals surface area contributed by atoms with Gasteiger partial charge in [-0.1, -0.05) is 25.5 Å². The van der Waals surface area contributed by atoms with E-state index < -0.39 is 0 Å². The van der Waals surface area contributed by atoms with E-state index in [-0.39, 0.29) is 6.10 Å². The molecule has 0 aliphatic heterocycles. The maximum atomic E-state index is 6.04. The van der Waals surface area contributed by atoms with Crippen molar-refractivity contribution in [3.8, 4) is 5.75 Å². The largest absolute Gasteiger partial charge is 0.490 e. The molecule has 0 aromatic heterocycles. The van der Waals surface area contributed by atoms with Gasteiger partial charge < -0.3 is 9.16 Å². The minimum absolute atomic E-state index is 0.200. The summed E-state index contributed by atoms with van der Waals surface area (Å²) < 4.78 is 11.7. The van der Waals surface area contributed by atoms with Crippen LogP contribution in [0.15, 0.2) is 18.2 Å². The van der Waals surface area contributed by atoms with E-state index in [1.54, 1.807) is 0 Å². The molecule has 1 fully saturated rings. The number of unbranched alkanes of at least 4 members (excludes halogenated alkanes) is 1. The fraction of sp³-hybridized carbons (Fsp3) is 0.600. The second-order valence-corrected chi connectivity index (χ2v) is 5.59. The maximum Gasteiger partial charge on any atom is 0.146 e. The normalized spacial score (nSPS) is 16.8. The van der Waals surface area contributed by atoms with Crippen LogP contribution in [0.1, 0.15) is 56.8 Å². The topological polar surface area (TPSA) is 18.5 Å². The van der Waals surface area contributed by atoms with Crippen LogP contribution in [0.25, 0.3) is 0 Å². The molecule has 0 N–H and O–H groups in total. The lowest BCUT2D eigenvalue weighted by molar-refractivity contribution is 0.246. The van der Waals surface area contributed by atoms with Crippen molar-refractivity contribution in [3.05, 3.63) is 29.3 Å². The third-order valence-corrected chi connectivity index (χ3v) is 4.27. The molecule has 0 heterocycles. The molecule has 1 unspecified atom stereocenters. The van der Waals surface area contributed by atoms with E-state index in [4.69, 9.17) is 9.16 Å². The van der Waals surface area contributed by atoms with Crippen LogP contribution in [0.2, 0.25) is 0 Å². The van der Waals surface area contributed by atoms with Gasteiger partial charge in [-0.05, 0) is 49.8 Å². The average Bonchev–Trinajstić information content (AvgIpc) is 3.20. The Bertz CT molecular complexity index is 388. The molecule has 100 valence electrons. The zero-order valence-electron chi connectivity index (χ0n) is 11.7. The second kappa shape index (κ2) is 6.39. The molecule has 1 aliphatic carbocycles. The number of rotatable bonds is 7. The zero-order chi connectivity index (χ0) is 13.0. The van der Waals surface area contributed by atoms with Gasteiger partial charge in [-0.15, -0.1) is 0 Å². The van der Waals surface area contributed by atoms with Gasteiger partial charge in [0.1, 0.15) is 16.2 Å². The Morgan fingerprint density at radius 1 is 1.39 bits per heavy atom. The monoisotopic (exact) mass is 264 g/mol. The molecule has 1 aliphatic rings. The van der Waals surface area contributed by atoms with Gasteiger partial charge in [-0.3, -0.25) is 0 Å². The Labute approximate surface area is 113 Å². The average molecular weight is 264 g/mol. The van der Waals surface area contributed by atoms with E-state index >= 15 is 0 Å². The predicted octanol–water partition coefficient (Wildman–Crippen LogP) is 2.93. The summed E-state index contributed by atoms with van der Waals surface area (Å²) in [6.45, 7) is 4.37. The molecular weight excluding hydrogens is 240 g/mol. The van der Waals surface area contributed by atoms with Crippen LogP contribution in [-0.4, -0.2) is 16.6 Å². The molecule has 18 heavy (non-hydrogen) atoms. The Kier molecular flexibility index (Phi) is 4.84. The fourth-order valence-corrected chi connectivity index (χ4v) is 2.44. The van der Waals surface area contributed by atoms with Gasteiger partial charge in [-0.2, -0.15) is 0 Å². The molecule has 1 aromatic rings. The summed E-state index contributed by atoms with van der Waals surface area (Å²) in [4.78, 5) is 0. The van der Waals surface area contributed by atoms with Gasteiger partial charge >= 0.3 is 0 Å². The molecule has 0 amide bonds. The Morgan fingerprint density at radius 3 is 2.78 bits per heavy atom. The minimum atomic E-state index is 0.200. The first-order valence-corrected chi connectivity index (χ1v) is 7.89. The highest BCUT2D eigenvalue weighted by atomic mass is 28.2. The molecule has 1 atom stereocenters. The molecule has 0 bridgehead atoms. The number of ether oxygens (including phenoxy) is 1. The highest BCUT2D eigenvalue weighted by molar-refractivity contribution is 5.98. The second-order valence-electron chi connectivity index (χ2n) is 5.12. The number of hydrogen-bond acceptors (Lipinski definition) is 2. The third kappa shape index (κ3) is 3.36. The summed E-state index contributed by atoms with van der Waals surface area (Å²) in [6.07, 6.45) is 6.62. The summed E-state index contributed by atoms with van der Waals surface area (Å²) in [6, 6.07) is 6.40. The van der Waals surface area contributed by atoms with E-state index in [1.807, 2.05) is 0 Å². The van der Waals surface area contributed by atoms with Crippen LogP contribution in [0.4, 0.5) is 0 Å². The summed E-state index contributed by atoms with van der Waals surface area (Å²) in [7, 11) is 0.778. The van der Waals surface area contributed by atoms with Crippen LogP contribution >= 0.6 is 0 Å². The molecule has 1 saturated carbocycles. The summed E-state index contributed by atoms with van der Waals surface area (Å²) in [5.74, 6) is 1.09. The van der Waals surface area contributed by atoms with Crippen molar-refractivity contribution in [2.75, 3.05) is 0 Å². The Hall–Kier alpha value is -0.803. The van der Waals surface area contributed by atoms with Crippen LogP contribution in [0.3, 0.4) is 0 Å². The predicted molar refractivity (Wildman–Crippen MR) is 78.1 cm³/mol. The van der Waals surface area contributed by atoms with Crippen molar-refractivity contribution in [1.82, 2.24) is 0 Å². The lowest BCUT2D eigenvalue weighted by Gasteiger charge is -2.19. The SMILES string of the molecule is CCCCc1c(OC2CC2)cccc1C(C)O[SiH3]. The first-order chi connectivity index (χ1) is 8.76. The van der Waals surface area contributed by atoms with Crippen molar-refractivity contribution in [2.24, 2.45) is 0 Å². The minimum Gasteiger partial charge on any atom is -0.490 e. The van der Waals surface area contributed by atoms with E-state index in [9.17, 15) is 0 Å². The van der Waals surface area contributed by atoms with E-state index in [0.717, 1.165) is 22.7 Å². The molecule has 2 nitrogen and oxygen atoms in total. The van der Waals surface area contributed by atoms with Gasteiger partial charge in [0.05, 0.1) is 12.2 Å². The first-order valence-electron chi connectivity index (χ1n) is 7.07. The van der Waals surface area contributed by atoms with Crippen molar-refractivity contribution in [2.45, 2.75) is 58.2 Å². The summed E-state index contributed by atoms with van der Waals surface area (Å²) >= 11 is 0. The third-order valence-electron chi connectivity index (χ3n) is 3.56. The molecule has 0 saturated heterocycles. The van der Waals surface area contributed by atoms with Gasteiger partial charge in [0.25, 0.3) is 0 Å². The van der Waals surface area contributed by atoms with Crippen LogP contribution in [0.5, 0.6) is 5.75 Å². The molecule has 3 heteroatoms. The quantitative estimate of drug-likeness (QED) is 0.705. The van der Waals surface area contributed by atoms with Crippen LogP contribution < -0.4 is 4.74 Å².